The van der Waals surface area contributed by atoms with Crippen LogP contribution in [0.2, 0.25) is 0 Å². The van der Waals surface area contributed by atoms with E-state index in [1.54, 1.807) is 12.1 Å². The summed E-state index contributed by atoms with van der Waals surface area (Å²) in [5.41, 5.74) is 2.35. The molecule has 1 N–H and O–H groups in total. The van der Waals surface area contributed by atoms with Crippen molar-refractivity contribution in [2.75, 3.05) is 33.3 Å². The third kappa shape index (κ3) is 5.39. The number of para-hydroxylation sites is 1. The van der Waals surface area contributed by atoms with Gasteiger partial charge in [0, 0.05) is 5.69 Å². The lowest BCUT2D eigenvalue weighted by molar-refractivity contribution is -0.146. The molecular weight excluding hydrogens is 362 g/mol. The summed E-state index contributed by atoms with van der Waals surface area (Å²) < 4.78 is 20.9. The van der Waals surface area contributed by atoms with Crippen molar-refractivity contribution in [2.45, 2.75) is 19.8 Å². The Balaban J connectivity index is 1.96. The molecule has 1 amide bonds. The number of hydrogen-bond acceptors (Lipinski definition) is 6. The fraction of sp³-hybridized carbons (Fsp3) is 0.333. The molecule has 7 nitrogen and oxygen atoms in total. The number of ether oxygens (including phenoxy) is 4. The zero-order valence-corrected chi connectivity index (χ0v) is 16.5. The standard InChI is InChI=1S/C21H25NO6/c1-5-15-8-6-7-9-16(15)22-19(23)13-28-20(24)12-14-10-17(25-2)21(27-4)18(11-14)26-3/h6-11H,5,12-13H2,1-4H3,(H,22,23). The number of hydrogen-bond donors (Lipinski definition) is 1. The van der Waals surface area contributed by atoms with Gasteiger partial charge in [-0.05, 0) is 35.7 Å². The maximum Gasteiger partial charge on any atom is 0.310 e. The molecule has 0 spiro atoms. The van der Waals surface area contributed by atoms with E-state index in [4.69, 9.17) is 18.9 Å². The van der Waals surface area contributed by atoms with Gasteiger partial charge in [-0.1, -0.05) is 25.1 Å². The Morgan fingerprint density at radius 2 is 1.61 bits per heavy atom. The third-order valence-corrected chi connectivity index (χ3v) is 4.11. The van der Waals surface area contributed by atoms with Gasteiger partial charge in [0.05, 0.1) is 27.8 Å². The molecule has 150 valence electrons. The summed E-state index contributed by atoms with van der Waals surface area (Å²) in [6.45, 7) is 1.64. The summed E-state index contributed by atoms with van der Waals surface area (Å²) in [4.78, 5) is 24.2. The summed E-state index contributed by atoms with van der Waals surface area (Å²) in [6, 6.07) is 10.8. The van der Waals surface area contributed by atoms with E-state index in [9.17, 15) is 9.59 Å². The second-order valence-electron chi connectivity index (χ2n) is 5.93. The van der Waals surface area contributed by atoms with Gasteiger partial charge >= 0.3 is 5.97 Å². The highest BCUT2D eigenvalue weighted by atomic mass is 16.5. The summed E-state index contributed by atoms with van der Waals surface area (Å²) in [5.74, 6) is 0.403. The maximum atomic E-state index is 12.1. The summed E-state index contributed by atoms with van der Waals surface area (Å²) >= 11 is 0. The lowest BCUT2D eigenvalue weighted by Gasteiger charge is -2.14. The van der Waals surface area contributed by atoms with E-state index < -0.39 is 5.97 Å². The highest BCUT2D eigenvalue weighted by molar-refractivity contribution is 5.93. The summed E-state index contributed by atoms with van der Waals surface area (Å²) in [5, 5.41) is 2.76. The summed E-state index contributed by atoms with van der Waals surface area (Å²) in [7, 11) is 4.50. The van der Waals surface area contributed by atoms with Crippen molar-refractivity contribution < 1.29 is 28.5 Å². The largest absolute Gasteiger partial charge is 0.493 e. The number of rotatable bonds is 9. The van der Waals surface area contributed by atoms with Gasteiger partial charge < -0.3 is 24.3 Å². The Bertz CT molecular complexity index is 808. The fourth-order valence-electron chi connectivity index (χ4n) is 2.74. The zero-order valence-electron chi connectivity index (χ0n) is 16.5. The molecule has 2 rings (SSSR count). The van der Waals surface area contributed by atoms with E-state index in [1.807, 2.05) is 31.2 Å². The Morgan fingerprint density at radius 3 is 2.18 bits per heavy atom. The molecule has 0 aromatic heterocycles. The number of esters is 1. The molecule has 0 aliphatic heterocycles. The Labute approximate surface area is 164 Å². The molecule has 0 bridgehead atoms. The normalized spacial score (nSPS) is 10.1. The first-order valence-corrected chi connectivity index (χ1v) is 8.84. The van der Waals surface area contributed by atoms with Crippen LogP contribution in [0.3, 0.4) is 0 Å². The molecule has 0 heterocycles. The lowest BCUT2D eigenvalue weighted by Crippen LogP contribution is -2.22. The first kappa shape index (κ1) is 21.1. The molecule has 2 aromatic rings. The van der Waals surface area contributed by atoms with E-state index in [1.165, 1.54) is 21.3 Å². The molecule has 0 unspecified atom stereocenters. The van der Waals surface area contributed by atoms with Gasteiger partial charge in [0.1, 0.15) is 0 Å². The number of aryl methyl sites for hydroxylation is 1. The van der Waals surface area contributed by atoms with E-state index in [0.29, 0.717) is 22.8 Å². The fourth-order valence-corrected chi connectivity index (χ4v) is 2.74. The quantitative estimate of drug-likeness (QED) is 0.666. The van der Waals surface area contributed by atoms with Crippen LogP contribution in [0.1, 0.15) is 18.1 Å². The van der Waals surface area contributed by atoms with E-state index >= 15 is 0 Å². The predicted molar refractivity (Wildman–Crippen MR) is 105 cm³/mol. The number of nitrogens with one attached hydrogen (secondary N) is 1. The molecule has 2 aromatic carbocycles. The van der Waals surface area contributed by atoms with Crippen molar-refractivity contribution in [1.82, 2.24) is 0 Å². The molecular formula is C21H25NO6. The van der Waals surface area contributed by atoms with Gasteiger partial charge in [-0.2, -0.15) is 0 Å². The molecule has 0 saturated heterocycles. The Hall–Kier alpha value is -3.22. The topological polar surface area (TPSA) is 83.1 Å². The number of anilines is 1. The molecule has 28 heavy (non-hydrogen) atoms. The molecule has 7 heteroatoms. The number of carbonyl (C=O) groups is 2. The van der Waals surface area contributed by atoms with Gasteiger partial charge in [-0.25, -0.2) is 0 Å². The lowest BCUT2D eigenvalue weighted by atomic mass is 10.1. The van der Waals surface area contributed by atoms with Crippen molar-refractivity contribution in [3.63, 3.8) is 0 Å². The smallest absolute Gasteiger partial charge is 0.310 e. The molecule has 0 fully saturated rings. The van der Waals surface area contributed by atoms with Gasteiger partial charge in [0.15, 0.2) is 18.1 Å². The average Bonchev–Trinajstić information content (AvgIpc) is 2.71. The van der Waals surface area contributed by atoms with Crippen LogP contribution in [0.5, 0.6) is 17.2 Å². The molecule has 0 saturated carbocycles. The minimum atomic E-state index is -0.534. The van der Waals surface area contributed by atoms with Crippen LogP contribution in [0.15, 0.2) is 36.4 Å². The Kier molecular flexibility index (Phi) is 7.68. The number of benzene rings is 2. The van der Waals surface area contributed by atoms with Crippen LogP contribution in [-0.4, -0.2) is 39.8 Å². The van der Waals surface area contributed by atoms with Gasteiger partial charge in [-0.15, -0.1) is 0 Å². The second kappa shape index (κ2) is 10.2. The van der Waals surface area contributed by atoms with Crippen molar-refractivity contribution in [3.05, 3.63) is 47.5 Å². The van der Waals surface area contributed by atoms with Gasteiger partial charge in [-0.3, -0.25) is 9.59 Å². The van der Waals surface area contributed by atoms with Crippen LogP contribution in [0.25, 0.3) is 0 Å². The number of methoxy groups -OCH3 is 3. The van der Waals surface area contributed by atoms with Crippen molar-refractivity contribution in [3.8, 4) is 17.2 Å². The van der Waals surface area contributed by atoms with Crippen molar-refractivity contribution in [2.24, 2.45) is 0 Å². The van der Waals surface area contributed by atoms with Crippen molar-refractivity contribution >= 4 is 17.6 Å². The predicted octanol–water partition coefficient (Wildman–Crippen LogP) is 3.00. The molecule has 0 aliphatic rings. The minimum Gasteiger partial charge on any atom is -0.493 e. The van der Waals surface area contributed by atoms with Crippen LogP contribution in [0, 0.1) is 0 Å². The molecule has 0 radical (unpaired) electrons. The minimum absolute atomic E-state index is 0.0322. The van der Waals surface area contributed by atoms with Gasteiger partial charge in [0.25, 0.3) is 5.91 Å². The van der Waals surface area contributed by atoms with Crippen LogP contribution in [-0.2, 0) is 27.2 Å². The number of amides is 1. The SMILES string of the molecule is CCc1ccccc1NC(=O)COC(=O)Cc1cc(OC)c(OC)c(OC)c1. The number of carbonyl (C=O) groups excluding carboxylic acids is 2. The van der Waals surface area contributed by atoms with E-state index in [0.717, 1.165) is 17.7 Å². The third-order valence-electron chi connectivity index (χ3n) is 4.11. The average molecular weight is 387 g/mol. The zero-order chi connectivity index (χ0) is 20.5. The van der Waals surface area contributed by atoms with E-state index in [2.05, 4.69) is 5.32 Å². The first-order chi connectivity index (χ1) is 13.5. The van der Waals surface area contributed by atoms with E-state index in [-0.39, 0.29) is 18.9 Å². The highest BCUT2D eigenvalue weighted by Crippen LogP contribution is 2.38. The highest BCUT2D eigenvalue weighted by Gasteiger charge is 2.16. The van der Waals surface area contributed by atoms with Crippen molar-refractivity contribution in [1.29, 1.82) is 0 Å². The molecule has 0 atom stereocenters. The maximum absolute atomic E-state index is 12.1. The monoisotopic (exact) mass is 387 g/mol. The van der Waals surface area contributed by atoms with Crippen LogP contribution in [0.4, 0.5) is 5.69 Å². The first-order valence-electron chi connectivity index (χ1n) is 8.84. The van der Waals surface area contributed by atoms with Crippen LogP contribution < -0.4 is 19.5 Å². The van der Waals surface area contributed by atoms with Crippen LogP contribution >= 0.6 is 0 Å². The Morgan fingerprint density at radius 1 is 0.964 bits per heavy atom. The summed E-state index contributed by atoms with van der Waals surface area (Å²) in [6.07, 6.45) is 0.757. The molecule has 0 aliphatic carbocycles. The second-order valence-corrected chi connectivity index (χ2v) is 5.93. The van der Waals surface area contributed by atoms with Gasteiger partial charge in [0.2, 0.25) is 5.75 Å².